The number of hydrogen-bond acceptors (Lipinski definition) is 2. The fourth-order valence-corrected chi connectivity index (χ4v) is 4.77. The molecule has 0 bridgehead atoms. The fourth-order valence-electron chi connectivity index (χ4n) is 4.77. The number of nitrogens with zero attached hydrogens (tertiary/aromatic N) is 3. The third-order valence-electron chi connectivity index (χ3n) is 6.37. The van der Waals surface area contributed by atoms with Gasteiger partial charge in [0.05, 0.1) is 6.04 Å². The zero-order chi connectivity index (χ0) is 19.0. The molecule has 1 heterocycles. The van der Waals surface area contributed by atoms with E-state index in [2.05, 4.69) is 29.2 Å². The van der Waals surface area contributed by atoms with Gasteiger partial charge in [-0.3, -0.25) is 4.79 Å². The third kappa shape index (κ3) is 3.69. The van der Waals surface area contributed by atoms with E-state index in [1.54, 1.807) is 19.0 Å². The van der Waals surface area contributed by atoms with Crippen LogP contribution in [-0.2, 0) is 11.2 Å². The Hall–Kier alpha value is -2.04. The van der Waals surface area contributed by atoms with Gasteiger partial charge in [-0.25, -0.2) is 4.79 Å². The van der Waals surface area contributed by atoms with Crippen LogP contribution in [0.3, 0.4) is 0 Å². The first-order chi connectivity index (χ1) is 13.1. The van der Waals surface area contributed by atoms with Gasteiger partial charge in [0.1, 0.15) is 0 Å². The maximum Gasteiger partial charge on any atom is 0.319 e. The summed E-state index contributed by atoms with van der Waals surface area (Å²) in [6, 6.07) is 9.40. The lowest BCUT2D eigenvalue weighted by Gasteiger charge is -2.40. The smallest absolute Gasteiger partial charge is 0.319 e. The van der Waals surface area contributed by atoms with E-state index in [-0.39, 0.29) is 18.0 Å². The molecule has 27 heavy (non-hydrogen) atoms. The molecule has 3 amide bonds. The van der Waals surface area contributed by atoms with E-state index in [1.807, 2.05) is 4.90 Å². The first kappa shape index (κ1) is 18.3. The van der Waals surface area contributed by atoms with Gasteiger partial charge in [0, 0.05) is 39.1 Å². The van der Waals surface area contributed by atoms with Crippen LogP contribution in [0.25, 0.3) is 0 Å². The summed E-state index contributed by atoms with van der Waals surface area (Å²) in [5.74, 6) is 0.391. The van der Waals surface area contributed by atoms with Gasteiger partial charge in [-0.15, -0.1) is 0 Å². The predicted octanol–water partition coefficient (Wildman–Crippen LogP) is 3.45. The van der Waals surface area contributed by atoms with Crippen molar-refractivity contribution in [3.63, 3.8) is 0 Å². The number of hydrogen-bond donors (Lipinski definition) is 0. The first-order valence-electron chi connectivity index (χ1n) is 10.4. The largest absolute Gasteiger partial charge is 0.332 e. The van der Waals surface area contributed by atoms with E-state index < -0.39 is 0 Å². The van der Waals surface area contributed by atoms with Crippen molar-refractivity contribution in [2.75, 3.05) is 27.2 Å². The lowest BCUT2D eigenvalue weighted by Crippen LogP contribution is -2.48. The Kier molecular flexibility index (Phi) is 5.11. The zero-order valence-electron chi connectivity index (χ0n) is 16.6. The SMILES string of the molecule is CN(C)C(=O)N1CCC(C(=O)N(C2CC2)C2CCCc3ccccc32)CC1. The van der Waals surface area contributed by atoms with E-state index in [0.29, 0.717) is 25.0 Å². The van der Waals surface area contributed by atoms with Crippen LogP contribution in [0.5, 0.6) is 0 Å². The summed E-state index contributed by atoms with van der Waals surface area (Å²) in [6.45, 7) is 1.38. The molecule has 0 radical (unpaired) electrons. The minimum atomic E-state index is 0.0566. The number of likely N-dealkylation sites (tertiary alicyclic amines) is 1. The summed E-state index contributed by atoms with van der Waals surface area (Å²) in [4.78, 5) is 31.4. The average molecular weight is 370 g/mol. The van der Waals surface area contributed by atoms with E-state index in [1.165, 1.54) is 11.1 Å². The summed E-state index contributed by atoms with van der Waals surface area (Å²) in [5, 5.41) is 0. The van der Waals surface area contributed by atoms with Gasteiger partial charge in [0.25, 0.3) is 0 Å². The molecule has 2 fully saturated rings. The number of benzene rings is 1. The maximum atomic E-state index is 13.5. The van der Waals surface area contributed by atoms with Crippen molar-refractivity contribution in [3.05, 3.63) is 35.4 Å². The standard InChI is InChI=1S/C22H31N3O2/c1-23(2)22(27)24-14-12-17(13-15-24)21(26)25(18-10-11-18)20-9-5-7-16-6-3-4-8-19(16)20/h3-4,6,8,17-18,20H,5,7,9-15H2,1-2H3. The highest BCUT2D eigenvalue weighted by Crippen LogP contribution is 2.42. The van der Waals surface area contributed by atoms with Gasteiger partial charge >= 0.3 is 6.03 Å². The Bertz CT molecular complexity index is 705. The summed E-state index contributed by atoms with van der Waals surface area (Å²) in [6.07, 6.45) is 7.23. The highest BCUT2D eigenvalue weighted by molar-refractivity contribution is 5.81. The van der Waals surface area contributed by atoms with E-state index in [0.717, 1.165) is 44.9 Å². The van der Waals surface area contributed by atoms with Gasteiger partial charge in [0.2, 0.25) is 5.91 Å². The highest BCUT2D eigenvalue weighted by Gasteiger charge is 2.42. The molecule has 1 unspecified atom stereocenters. The van der Waals surface area contributed by atoms with Crippen molar-refractivity contribution >= 4 is 11.9 Å². The Labute approximate surface area is 162 Å². The summed E-state index contributed by atoms with van der Waals surface area (Å²) in [5.41, 5.74) is 2.78. The van der Waals surface area contributed by atoms with E-state index in [4.69, 9.17) is 0 Å². The van der Waals surface area contributed by atoms with Crippen LogP contribution in [0.2, 0.25) is 0 Å². The molecule has 0 aromatic heterocycles. The number of piperidine rings is 1. The van der Waals surface area contributed by atoms with Crippen LogP contribution >= 0.6 is 0 Å². The van der Waals surface area contributed by atoms with Crippen LogP contribution in [0.15, 0.2) is 24.3 Å². The average Bonchev–Trinajstić information content (AvgIpc) is 3.53. The fraction of sp³-hybridized carbons (Fsp3) is 0.636. The second-order valence-electron chi connectivity index (χ2n) is 8.52. The summed E-state index contributed by atoms with van der Waals surface area (Å²) in [7, 11) is 3.57. The van der Waals surface area contributed by atoms with Crippen LogP contribution in [-0.4, -0.2) is 59.9 Å². The van der Waals surface area contributed by atoms with Gasteiger partial charge in [-0.05, 0) is 56.1 Å². The van der Waals surface area contributed by atoms with Crippen molar-refractivity contribution in [2.24, 2.45) is 5.92 Å². The van der Waals surface area contributed by atoms with Crippen LogP contribution < -0.4 is 0 Å². The maximum absolute atomic E-state index is 13.5. The lowest BCUT2D eigenvalue weighted by molar-refractivity contribution is -0.140. The second kappa shape index (κ2) is 7.53. The molecule has 3 aliphatic rings. The molecule has 2 aliphatic carbocycles. The van der Waals surface area contributed by atoms with Gasteiger partial charge in [-0.2, -0.15) is 0 Å². The molecule has 0 spiro atoms. The Balaban J connectivity index is 1.48. The predicted molar refractivity (Wildman–Crippen MR) is 105 cm³/mol. The van der Waals surface area contributed by atoms with Gasteiger partial charge in [-0.1, -0.05) is 24.3 Å². The second-order valence-corrected chi connectivity index (χ2v) is 8.52. The van der Waals surface area contributed by atoms with Crippen LogP contribution in [0.4, 0.5) is 4.79 Å². The molecular weight excluding hydrogens is 338 g/mol. The van der Waals surface area contributed by atoms with Crippen LogP contribution in [0.1, 0.15) is 55.7 Å². The molecular formula is C22H31N3O2. The normalized spacial score (nSPS) is 22.9. The topological polar surface area (TPSA) is 43.9 Å². The quantitative estimate of drug-likeness (QED) is 0.819. The number of aryl methyl sites for hydroxylation is 1. The highest BCUT2D eigenvalue weighted by atomic mass is 16.2. The van der Waals surface area contributed by atoms with E-state index in [9.17, 15) is 9.59 Å². The molecule has 1 aliphatic heterocycles. The Morgan fingerprint density at radius 1 is 1.00 bits per heavy atom. The molecule has 5 heteroatoms. The summed E-state index contributed by atoms with van der Waals surface area (Å²) < 4.78 is 0. The number of amides is 3. The van der Waals surface area contributed by atoms with E-state index >= 15 is 0 Å². The van der Waals surface area contributed by atoms with Crippen LogP contribution in [0, 0.1) is 5.92 Å². The van der Waals surface area contributed by atoms with Crippen molar-refractivity contribution < 1.29 is 9.59 Å². The minimum Gasteiger partial charge on any atom is -0.332 e. The molecule has 1 aromatic rings. The molecule has 146 valence electrons. The van der Waals surface area contributed by atoms with Gasteiger partial charge in [0.15, 0.2) is 0 Å². The number of carbonyl (C=O) groups excluding carboxylic acids is 2. The number of rotatable bonds is 3. The van der Waals surface area contributed by atoms with Crippen molar-refractivity contribution in [3.8, 4) is 0 Å². The van der Waals surface area contributed by atoms with Gasteiger partial charge < -0.3 is 14.7 Å². The van der Waals surface area contributed by atoms with Crippen molar-refractivity contribution in [2.45, 2.75) is 57.0 Å². The molecule has 1 saturated carbocycles. The zero-order valence-corrected chi connectivity index (χ0v) is 16.6. The number of fused-ring (bicyclic) bond motifs is 1. The minimum absolute atomic E-state index is 0.0566. The molecule has 5 nitrogen and oxygen atoms in total. The Morgan fingerprint density at radius 2 is 1.70 bits per heavy atom. The molecule has 1 atom stereocenters. The Morgan fingerprint density at radius 3 is 2.37 bits per heavy atom. The molecule has 4 rings (SSSR count). The molecule has 1 aromatic carbocycles. The number of carbonyl (C=O) groups is 2. The van der Waals surface area contributed by atoms with Crippen molar-refractivity contribution in [1.29, 1.82) is 0 Å². The first-order valence-corrected chi connectivity index (χ1v) is 10.4. The third-order valence-corrected chi connectivity index (χ3v) is 6.37. The monoisotopic (exact) mass is 369 g/mol. The lowest BCUT2D eigenvalue weighted by atomic mass is 9.85. The molecule has 1 saturated heterocycles. The van der Waals surface area contributed by atoms with Crippen molar-refractivity contribution in [1.82, 2.24) is 14.7 Å². The number of urea groups is 1. The molecule has 0 N–H and O–H groups in total. The summed E-state index contributed by atoms with van der Waals surface area (Å²) >= 11 is 0.